The topological polar surface area (TPSA) is 47.6 Å². The number of nitrogens with one attached hydrogen (secondary N) is 1. The van der Waals surface area contributed by atoms with Gasteiger partial charge < -0.3 is 14.8 Å². The fraction of sp³-hybridized carbons (Fsp3) is 0.235. The number of methoxy groups -OCH3 is 2. The van der Waals surface area contributed by atoms with E-state index in [1.807, 2.05) is 36.4 Å². The van der Waals surface area contributed by atoms with Gasteiger partial charge in [-0.1, -0.05) is 34.1 Å². The molecule has 0 saturated heterocycles. The smallest absolute Gasteiger partial charge is 0.251 e. The van der Waals surface area contributed by atoms with Crippen molar-refractivity contribution in [2.75, 3.05) is 20.8 Å². The average molecular weight is 364 g/mol. The maximum Gasteiger partial charge on any atom is 0.251 e. The Morgan fingerprint density at radius 3 is 2.64 bits per heavy atom. The van der Waals surface area contributed by atoms with Gasteiger partial charge in [0.15, 0.2) is 0 Å². The van der Waals surface area contributed by atoms with Crippen LogP contribution < -0.4 is 10.1 Å². The van der Waals surface area contributed by atoms with Crippen LogP contribution in [0.5, 0.6) is 5.75 Å². The molecule has 4 nitrogen and oxygen atoms in total. The van der Waals surface area contributed by atoms with Crippen molar-refractivity contribution in [3.8, 4) is 5.75 Å². The summed E-state index contributed by atoms with van der Waals surface area (Å²) >= 11 is 3.36. The Bertz CT molecular complexity index is 645. The molecule has 0 fully saturated rings. The summed E-state index contributed by atoms with van der Waals surface area (Å²) in [6.07, 6.45) is -0.230. The monoisotopic (exact) mass is 363 g/mol. The summed E-state index contributed by atoms with van der Waals surface area (Å²) in [5.41, 5.74) is 1.56. The fourth-order valence-electron chi connectivity index (χ4n) is 2.10. The molecule has 1 atom stereocenters. The number of carbonyl (C=O) groups excluding carboxylic acids is 1. The van der Waals surface area contributed by atoms with Gasteiger partial charge in [0.2, 0.25) is 0 Å². The van der Waals surface area contributed by atoms with E-state index in [4.69, 9.17) is 9.47 Å². The quantitative estimate of drug-likeness (QED) is 0.853. The highest BCUT2D eigenvalue weighted by Crippen LogP contribution is 2.21. The predicted molar refractivity (Wildman–Crippen MR) is 89.2 cm³/mol. The van der Waals surface area contributed by atoms with Crippen molar-refractivity contribution in [1.29, 1.82) is 0 Å². The third kappa shape index (κ3) is 4.32. The molecule has 0 unspecified atom stereocenters. The van der Waals surface area contributed by atoms with Crippen molar-refractivity contribution in [1.82, 2.24) is 5.32 Å². The molecule has 22 heavy (non-hydrogen) atoms. The highest BCUT2D eigenvalue weighted by molar-refractivity contribution is 9.10. The van der Waals surface area contributed by atoms with Crippen molar-refractivity contribution in [2.45, 2.75) is 6.10 Å². The van der Waals surface area contributed by atoms with Crippen molar-refractivity contribution < 1.29 is 14.3 Å². The Hall–Kier alpha value is -1.85. The van der Waals surface area contributed by atoms with Gasteiger partial charge in [-0.05, 0) is 35.9 Å². The summed E-state index contributed by atoms with van der Waals surface area (Å²) in [4.78, 5) is 12.2. The number of amides is 1. The number of halogens is 1. The molecule has 0 spiro atoms. The van der Waals surface area contributed by atoms with Gasteiger partial charge in [-0.15, -0.1) is 0 Å². The van der Waals surface area contributed by atoms with Crippen molar-refractivity contribution >= 4 is 21.8 Å². The summed E-state index contributed by atoms with van der Waals surface area (Å²) in [5.74, 6) is 0.629. The second-order valence-electron chi connectivity index (χ2n) is 4.72. The molecule has 116 valence electrons. The van der Waals surface area contributed by atoms with Gasteiger partial charge in [0.1, 0.15) is 5.75 Å². The van der Waals surface area contributed by atoms with Crippen LogP contribution in [0.1, 0.15) is 22.0 Å². The van der Waals surface area contributed by atoms with Gasteiger partial charge in [0.05, 0.1) is 13.2 Å². The number of carbonyl (C=O) groups is 1. The summed E-state index contributed by atoms with van der Waals surface area (Å²) in [7, 11) is 3.24. The lowest BCUT2D eigenvalue weighted by Crippen LogP contribution is -2.29. The van der Waals surface area contributed by atoms with E-state index in [9.17, 15) is 4.79 Å². The van der Waals surface area contributed by atoms with E-state index in [0.29, 0.717) is 12.1 Å². The Labute approximate surface area is 138 Å². The van der Waals surface area contributed by atoms with Crippen LogP contribution in [0, 0.1) is 0 Å². The summed E-state index contributed by atoms with van der Waals surface area (Å²) in [5, 5.41) is 2.89. The molecule has 0 aromatic heterocycles. The van der Waals surface area contributed by atoms with Gasteiger partial charge in [0, 0.05) is 23.7 Å². The Kier molecular flexibility index (Phi) is 5.98. The first-order valence-electron chi connectivity index (χ1n) is 6.84. The lowest BCUT2D eigenvalue weighted by atomic mass is 10.1. The molecule has 0 heterocycles. The molecule has 0 bridgehead atoms. The second kappa shape index (κ2) is 7.96. The van der Waals surface area contributed by atoms with Gasteiger partial charge in [0.25, 0.3) is 5.91 Å². The summed E-state index contributed by atoms with van der Waals surface area (Å²) in [6, 6.07) is 14.9. The molecule has 0 radical (unpaired) electrons. The number of ether oxygens (including phenoxy) is 2. The lowest BCUT2D eigenvalue weighted by molar-refractivity contribution is 0.0827. The minimum atomic E-state index is -0.230. The molecule has 0 aliphatic rings. The first-order chi connectivity index (χ1) is 10.6. The van der Waals surface area contributed by atoms with Crippen molar-refractivity contribution in [3.05, 3.63) is 64.1 Å². The second-order valence-corrected chi connectivity index (χ2v) is 5.64. The average Bonchev–Trinajstić information content (AvgIpc) is 2.55. The number of rotatable bonds is 6. The zero-order valence-electron chi connectivity index (χ0n) is 12.5. The number of hydrogen-bond donors (Lipinski definition) is 1. The zero-order chi connectivity index (χ0) is 15.9. The summed E-state index contributed by atoms with van der Waals surface area (Å²) < 4.78 is 11.5. The van der Waals surface area contributed by atoms with Gasteiger partial charge >= 0.3 is 0 Å². The van der Waals surface area contributed by atoms with E-state index in [1.54, 1.807) is 26.4 Å². The third-order valence-electron chi connectivity index (χ3n) is 3.28. The molecule has 0 aliphatic carbocycles. The van der Waals surface area contributed by atoms with E-state index in [0.717, 1.165) is 15.8 Å². The Morgan fingerprint density at radius 2 is 1.95 bits per heavy atom. The fourth-order valence-corrected chi connectivity index (χ4v) is 2.50. The highest BCUT2D eigenvalue weighted by atomic mass is 79.9. The third-order valence-corrected chi connectivity index (χ3v) is 3.78. The maximum atomic E-state index is 12.2. The zero-order valence-corrected chi connectivity index (χ0v) is 14.1. The standard InChI is InChI=1S/C17H18BrNO3/c1-21-15-8-4-5-12(10-15)16(22-2)11-19-17(20)13-6-3-7-14(18)9-13/h3-10,16H,11H2,1-2H3,(H,19,20)/t16-/m0/s1. The molecule has 1 N–H and O–H groups in total. The van der Waals surface area contributed by atoms with Crippen LogP contribution in [-0.2, 0) is 4.74 Å². The number of benzene rings is 2. The van der Waals surface area contributed by atoms with Crippen LogP contribution in [-0.4, -0.2) is 26.7 Å². The molecule has 2 aromatic carbocycles. The van der Waals surface area contributed by atoms with E-state index in [-0.39, 0.29) is 12.0 Å². The molecule has 0 aliphatic heterocycles. The Balaban J connectivity index is 2.03. The predicted octanol–water partition coefficient (Wildman–Crippen LogP) is 3.58. The van der Waals surface area contributed by atoms with Crippen LogP contribution in [0.4, 0.5) is 0 Å². The van der Waals surface area contributed by atoms with Gasteiger partial charge in [-0.2, -0.15) is 0 Å². The molecule has 2 rings (SSSR count). The van der Waals surface area contributed by atoms with E-state index >= 15 is 0 Å². The number of hydrogen-bond acceptors (Lipinski definition) is 3. The van der Waals surface area contributed by atoms with Crippen molar-refractivity contribution in [2.24, 2.45) is 0 Å². The maximum absolute atomic E-state index is 12.2. The molecular formula is C17H18BrNO3. The summed E-state index contributed by atoms with van der Waals surface area (Å²) in [6.45, 7) is 0.384. The molecule has 1 amide bonds. The molecule has 0 saturated carbocycles. The van der Waals surface area contributed by atoms with Crippen LogP contribution >= 0.6 is 15.9 Å². The SMILES string of the molecule is COc1cccc([C@H](CNC(=O)c2cccc(Br)c2)OC)c1. The lowest BCUT2D eigenvalue weighted by Gasteiger charge is -2.17. The molecule has 5 heteroatoms. The van der Waals surface area contributed by atoms with Crippen LogP contribution in [0.2, 0.25) is 0 Å². The van der Waals surface area contributed by atoms with Gasteiger partial charge in [-0.3, -0.25) is 4.79 Å². The highest BCUT2D eigenvalue weighted by Gasteiger charge is 2.14. The van der Waals surface area contributed by atoms with Crippen LogP contribution in [0.3, 0.4) is 0 Å². The minimum absolute atomic E-state index is 0.133. The van der Waals surface area contributed by atoms with Crippen molar-refractivity contribution in [3.63, 3.8) is 0 Å². The van der Waals surface area contributed by atoms with Crippen LogP contribution in [0.15, 0.2) is 53.0 Å². The molecular weight excluding hydrogens is 346 g/mol. The Morgan fingerprint density at radius 1 is 1.18 bits per heavy atom. The minimum Gasteiger partial charge on any atom is -0.497 e. The van der Waals surface area contributed by atoms with Gasteiger partial charge in [-0.25, -0.2) is 0 Å². The largest absolute Gasteiger partial charge is 0.497 e. The van der Waals surface area contributed by atoms with E-state index in [1.165, 1.54) is 0 Å². The molecule has 2 aromatic rings. The normalized spacial score (nSPS) is 11.8. The van der Waals surface area contributed by atoms with E-state index in [2.05, 4.69) is 21.2 Å². The van der Waals surface area contributed by atoms with Crippen LogP contribution in [0.25, 0.3) is 0 Å². The first kappa shape index (κ1) is 16.5. The van der Waals surface area contributed by atoms with E-state index < -0.39 is 0 Å². The first-order valence-corrected chi connectivity index (χ1v) is 7.64.